The van der Waals surface area contributed by atoms with E-state index in [9.17, 15) is 4.79 Å². The molecule has 0 aliphatic carbocycles. The van der Waals surface area contributed by atoms with Gasteiger partial charge >= 0.3 is 0 Å². The van der Waals surface area contributed by atoms with Crippen molar-refractivity contribution >= 4 is 17.5 Å². The van der Waals surface area contributed by atoms with E-state index in [-0.39, 0.29) is 5.91 Å². The van der Waals surface area contributed by atoms with Gasteiger partial charge in [0.15, 0.2) is 0 Å². The monoisotopic (exact) mass is 222 g/mol. The maximum atomic E-state index is 11.5. The van der Waals surface area contributed by atoms with Gasteiger partial charge in [0.05, 0.1) is 12.5 Å². The Kier molecular flexibility index (Phi) is 4.65. The highest BCUT2D eigenvalue weighted by Crippen LogP contribution is 2.07. The third-order valence-electron chi connectivity index (χ3n) is 1.87. The summed E-state index contributed by atoms with van der Waals surface area (Å²) in [4.78, 5) is 11.5. The van der Waals surface area contributed by atoms with Crippen LogP contribution < -0.4 is 5.32 Å². The van der Waals surface area contributed by atoms with Gasteiger partial charge in [-0.25, -0.2) is 0 Å². The lowest BCUT2D eigenvalue weighted by molar-refractivity contribution is 0.0954. The number of rotatable bonds is 4. The first-order chi connectivity index (χ1) is 7.27. The van der Waals surface area contributed by atoms with E-state index in [1.807, 2.05) is 12.1 Å². The van der Waals surface area contributed by atoms with Crippen LogP contribution in [0.15, 0.2) is 24.3 Å². The highest BCUT2D eigenvalue weighted by Gasteiger charge is 2.04. The number of alkyl halides is 1. The molecule has 0 radical (unpaired) electrons. The van der Waals surface area contributed by atoms with Crippen molar-refractivity contribution in [2.45, 2.75) is 12.3 Å². The number of nitrogens with zero attached hydrogens (tertiary/aromatic N) is 1. The molecule has 0 fully saturated rings. The maximum Gasteiger partial charge on any atom is 0.251 e. The minimum absolute atomic E-state index is 0.169. The SMILES string of the molecule is N#CCCNC(=O)c1cccc(CCl)c1. The quantitative estimate of drug-likeness (QED) is 0.626. The summed E-state index contributed by atoms with van der Waals surface area (Å²) in [6.07, 6.45) is 0.320. The molecule has 4 heteroatoms. The lowest BCUT2D eigenvalue weighted by Crippen LogP contribution is -2.24. The molecule has 78 valence electrons. The van der Waals surface area contributed by atoms with E-state index >= 15 is 0 Å². The van der Waals surface area contributed by atoms with E-state index < -0.39 is 0 Å². The van der Waals surface area contributed by atoms with Crippen LogP contribution in [0.5, 0.6) is 0 Å². The van der Waals surface area contributed by atoms with Gasteiger partial charge in [0.2, 0.25) is 0 Å². The molecule has 15 heavy (non-hydrogen) atoms. The summed E-state index contributed by atoms with van der Waals surface area (Å²) in [7, 11) is 0. The molecule has 0 unspecified atom stereocenters. The molecular formula is C11H11ClN2O. The van der Waals surface area contributed by atoms with Gasteiger partial charge in [-0.15, -0.1) is 11.6 Å². The van der Waals surface area contributed by atoms with Crippen LogP contribution in [0.25, 0.3) is 0 Å². The summed E-state index contributed by atoms with van der Waals surface area (Å²) in [6.45, 7) is 0.375. The molecule has 1 aromatic carbocycles. The number of hydrogen-bond donors (Lipinski definition) is 1. The van der Waals surface area contributed by atoms with Gasteiger partial charge in [-0.05, 0) is 17.7 Å². The summed E-state index contributed by atoms with van der Waals surface area (Å²) >= 11 is 5.66. The second-order valence-electron chi connectivity index (χ2n) is 3.00. The molecule has 0 aliphatic rings. The van der Waals surface area contributed by atoms with Crippen molar-refractivity contribution < 1.29 is 4.79 Å². The molecular weight excluding hydrogens is 212 g/mol. The predicted octanol–water partition coefficient (Wildman–Crippen LogP) is 2.07. The molecule has 1 N–H and O–H groups in total. The second kappa shape index (κ2) is 6.05. The zero-order valence-electron chi connectivity index (χ0n) is 8.16. The zero-order valence-corrected chi connectivity index (χ0v) is 8.92. The van der Waals surface area contributed by atoms with Crippen LogP contribution in [-0.2, 0) is 5.88 Å². The number of carbonyl (C=O) groups is 1. The number of carbonyl (C=O) groups excluding carboxylic acids is 1. The van der Waals surface area contributed by atoms with Crippen molar-refractivity contribution in [1.82, 2.24) is 5.32 Å². The highest BCUT2D eigenvalue weighted by atomic mass is 35.5. The van der Waals surface area contributed by atoms with Crippen LogP contribution in [0.4, 0.5) is 0 Å². The van der Waals surface area contributed by atoms with E-state index in [1.54, 1.807) is 18.2 Å². The van der Waals surface area contributed by atoms with Gasteiger partial charge in [-0.2, -0.15) is 5.26 Å². The Hall–Kier alpha value is -1.53. The van der Waals surface area contributed by atoms with E-state index in [0.717, 1.165) is 5.56 Å². The molecule has 0 heterocycles. The second-order valence-corrected chi connectivity index (χ2v) is 3.27. The first-order valence-electron chi connectivity index (χ1n) is 4.58. The molecule has 3 nitrogen and oxygen atoms in total. The van der Waals surface area contributed by atoms with E-state index in [1.165, 1.54) is 0 Å². The van der Waals surface area contributed by atoms with Crippen molar-refractivity contribution in [2.75, 3.05) is 6.54 Å². The number of amides is 1. The number of nitrogens with one attached hydrogen (secondary N) is 1. The molecule has 1 rings (SSSR count). The third kappa shape index (κ3) is 3.61. The summed E-state index contributed by atoms with van der Waals surface area (Å²) in [5.41, 5.74) is 1.48. The van der Waals surface area contributed by atoms with Gasteiger partial charge in [-0.1, -0.05) is 12.1 Å². The Morgan fingerprint density at radius 3 is 3.00 bits per heavy atom. The molecule has 0 bridgehead atoms. The highest BCUT2D eigenvalue weighted by molar-refractivity contribution is 6.17. The topological polar surface area (TPSA) is 52.9 Å². The Balaban J connectivity index is 2.61. The summed E-state index contributed by atoms with van der Waals surface area (Å²) in [5, 5.41) is 11.0. The summed E-state index contributed by atoms with van der Waals surface area (Å²) in [5.74, 6) is 0.219. The Morgan fingerprint density at radius 1 is 1.53 bits per heavy atom. The predicted molar refractivity (Wildman–Crippen MR) is 58.6 cm³/mol. The fourth-order valence-corrected chi connectivity index (χ4v) is 1.30. The molecule has 0 saturated carbocycles. The minimum Gasteiger partial charge on any atom is -0.351 e. The summed E-state index contributed by atoms with van der Waals surface area (Å²) < 4.78 is 0. The van der Waals surface area contributed by atoms with Gasteiger partial charge in [0.25, 0.3) is 5.91 Å². The van der Waals surface area contributed by atoms with E-state index in [2.05, 4.69) is 5.32 Å². The third-order valence-corrected chi connectivity index (χ3v) is 2.17. The lowest BCUT2D eigenvalue weighted by atomic mass is 10.1. The van der Waals surface area contributed by atoms with E-state index in [4.69, 9.17) is 16.9 Å². The van der Waals surface area contributed by atoms with Crippen molar-refractivity contribution in [3.8, 4) is 6.07 Å². The Labute approximate surface area is 93.7 Å². The van der Waals surface area contributed by atoms with Crippen molar-refractivity contribution in [1.29, 1.82) is 5.26 Å². The van der Waals surface area contributed by atoms with Gasteiger partial charge in [0, 0.05) is 18.0 Å². The Morgan fingerprint density at radius 2 is 2.33 bits per heavy atom. The van der Waals surface area contributed by atoms with Gasteiger partial charge in [0.1, 0.15) is 0 Å². The lowest BCUT2D eigenvalue weighted by Gasteiger charge is -2.03. The molecule has 0 saturated heterocycles. The van der Waals surface area contributed by atoms with Crippen LogP contribution in [0.2, 0.25) is 0 Å². The van der Waals surface area contributed by atoms with Crippen LogP contribution in [0, 0.1) is 11.3 Å². The number of halogens is 1. The summed E-state index contributed by atoms with van der Waals surface area (Å²) in [6, 6.07) is 9.07. The van der Waals surface area contributed by atoms with Crippen molar-refractivity contribution in [3.05, 3.63) is 35.4 Å². The zero-order chi connectivity index (χ0) is 11.1. The van der Waals surface area contributed by atoms with Crippen molar-refractivity contribution in [2.24, 2.45) is 0 Å². The number of hydrogen-bond acceptors (Lipinski definition) is 2. The molecule has 1 aromatic rings. The van der Waals surface area contributed by atoms with Gasteiger partial charge in [-0.3, -0.25) is 4.79 Å². The first-order valence-corrected chi connectivity index (χ1v) is 5.11. The first kappa shape index (κ1) is 11.5. The van der Waals surface area contributed by atoms with Crippen molar-refractivity contribution in [3.63, 3.8) is 0 Å². The smallest absolute Gasteiger partial charge is 0.251 e. The molecule has 0 aromatic heterocycles. The Bertz CT molecular complexity index is 384. The van der Waals surface area contributed by atoms with Crippen LogP contribution in [0.1, 0.15) is 22.3 Å². The number of nitriles is 1. The average molecular weight is 223 g/mol. The molecule has 0 atom stereocenters. The minimum atomic E-state index is -0.169. The standard InChI is InChI=1S/C11H11ClN2O/c12-8-9-3-1-4-10(7-9)11(15)14-6-2-5-13/h1,3-4,7H,2,6,8H2,(H,14,15). The molecule has 1 amide bonds. The van der Waals surface area contributed by atoms with Crippen LogP contribution >= 0.6 is 11.6 Å². The average Bonchev–Trinajstić information content (AvgIpc) is 2.29. The number of benzene rings is 1. The van der Waals surface area contributed by atoms with Crippen LogP contribution in [0.3, 0.4) is 0 Å². The maximum absolute atomic E-state index is 11.5. The largest absolute Gasteiger partial charge is 0.351 e. The normalized spacial score (nSPS) is 9.33. The van der Waals surface area contributed by atoms with E-state index in [0.29, 0.717) is 24.4 Å². The van der Waals surface area contributed by atoms with Crippen LogP contribution in [-0.4, -0.2) is 12.5 Å². The fourth-order valence-electron chi connectivity index (χ4n) is 1.13. The van der Waals surface area contributed by atoms with Gasteiger partial charge < -0.3 is 5.32 Å². The molecule has 0 spiro atoms. The molecule has 0 aliphatic heterocycles. The fraction of sp³-hybridized carbons (Fsp3) is 0.273.